The van der Waals surface area contributed by atoms with Crippen LogP contribution >= 0.6 is 0 Å². The molecule has 4 rings (SSSR count). The fourth-order valence-electron chi connectivity index (χ4n) is 2.68. The van der Waals surface area contributed by atoms with Gasteiger partial charge in [0.25, 0.3) is 0 Å². The third kappa shape index (κ3) is 3.28. The topological polar surface area (TPSA) is 41.9 Å². The summed E-state index contributed by atoms with van der Waals surface area (Å²) in [5.74, 6) is 1.42. The molecule has 5 heteroatoms. The molecule has 1 aromatic carbocycles. The molecule has 0 N–H and O–H groups in total. The highest BCUT2D eigenvalue weighted by Crippen LogP contribution is 2.32. The standard InChI is InChI=1S/C18H17FN4/c19-15-5-3-14(4-6-15)12-23(11-13-1-2-13)17-8-7-16-18(22-17)21-10-9-20-16/h3-10,13H,1-2,11-12H2. The molecule has 1 aliphatic rings. The van der Waals surface area contributed by atoms with Crippen LogP contribution in [0.1, 0.15) is 18.4 Å². The maximum Gasteiger partial charge on any atom is 0.180 e. The van der Waals surface area contributed by atoms with Gasteiger partial charge in [0.1, 0.15) is 17.2 Å². The molecule has 0 aliphatic heterocycles. The number of benzene rings is 1. The average Bonchev–Trinajstić information content (AvgIpc) is 3.40. The molecular formula is C18H17FN4. The number of hydrogen-bond donors (Lipinski definition) is 0. The van der Waals surface area contributed by atoms with Gasteiger partial charge in [0, 0.05) is 25.5 Å². The van der Waals surface area contributed by atoms with Crippen LogP contribution in [0.25, 0.3) is 11.2 Å². The fraction of sp³-hybridized carbons (Fsp3) is 0.278. The molecule has 23 heavy (non-hydrogen) atoms. The van der Waals surface area contributed by atoms with Gasteiger partial charge >= 0.3 is 0 Å². The van der Waals surface area contributed by atoms with Gasteiger partial charge in [0.2, 0.25) is 0 Å². The minimum atomic E-state index is -0.207. The van der Waals surface area contributed by atoms with Crippen LogP contribution in [0, 0.1) is 11.7 Å². The van der Waals surface area contributed by atoms with E-state index in [0.717, 1.165) is 35.9 Å². The normalized spacial score (nSPS) is 14.1. The Morgan fingerprint density at radius 2 is 1.78 bits per heavy atom. The lowest BCUT2D eigenvalue weighted by Crippen LogP contribution is -2.26. The fourth-order valence-corrected chi connectivity index (χ4v) is 2.68. The van der Waals surface area contributed by atoms with Gasteiger partial charge in [-0.05, 0) is 48.6 Å². The van der Waals surface area contributed by atoms with Crippen LogP contribution in [0.2, 0.25) is 0 Å². The highest BCUT2D eigenvalue weighted by atomic mass is 19.1. The van der Waals surface area contributed by atoms with Crippen LogP contribution < -0.4 is 4.90 Å². The number of aromatic nitrogens is 3. The highest BCUT2D eigenvalue weighted by Gasteiger charge is 2.25. The molecule has 1 aliphatic carbocycles. The number of fused-ring (bicyclic) bond motifs is 1. The molecule has 0 amide bonds. The number of anilines is 1. The van der Waals surface area contributed by atoms with Crippen molar-refractivity contribution in [3.63, 3.8) is 0 Å². The summed E-state index contributed by atoms with van der Waals surface area (Å²) in [7, 11) is 0. The zero-order chi connectivity index (χ0) is 15.6. The van der Waals surface area contributed by atoms with Crippen LogP contribution in [0.4, 0.5) is 10.2 Å². The first-order valence-corrected chi connectivity index (χ1v) is 7.85. The SMILES string of the molecule is Fc1ccc(CN(CC2CC2)c2ccc3nccnc3n2)cc1. The van der Waals surface area contributed by atoms with E-state index >= 15 is 0 Å². The van der Waals surface area contributed by atoms with Gasteiger partial charge in [-0.3, -0.25) is 4.98 Å². The van der Waals surface area contributed by atoms with Crippen molar-refractivity contribution in [3.05, 3.63) is 60.2 Å². The summed E-state index contributed by atoms with van der Waals surface area (Å²) in [4.78, 5) is 15.4. The van der Waals surface area contributed by atoms with E-state index in [0.29, 0.717) is 5.65 Å². The predicted octanol–water partition coefficient (Wildman–Crippen LogP) is 3.58. The molecular weight excluding hydrogens is 291 g/mol. The Kier molecular flexibility index (Phi) is 3.61. The Balaban J connectivity index is 1.64. The summed E-state index contributed by atoms with van der Waals surface area (Å²) in [5.41, 5.74) is 2.53. The first kappa shape index (κ1) is 14.1. The van der Waals surface area contributed by atoms with Crippen molar-refractivity contribution < 1.29 is 4.39 Å². The Morgan fingerprint density at radius 1 is 1.00 bits per heavy atom. The number of pyridine rings is 1. The van der Waals surface area contributed by atoms with Gasteiger partial charge in [-0.15, -0.1) is 0 Å². The highest BCUT2D eigenvalue weighted by molar-refractivity contribution is 5.71. The molecule has 116 valence electrons. The lowest BCUT2D eigenvalue weighted by Gasteiger charge is -2.24. The van der Waals surface area contributed by atoms with E-state index in [1.165, 1.54) is 25.0 Å². The first-order chi connectivity index (χ1) is 11.3. The summed E-state index contributed by atoms with van der Waals surface area (Å²) in [5, 5.41) is 0. The van der Waals surface area contributed by atoms with Crippen LogP contribution in [-0.4, -0.2) is 21.5 Å². The molecule has 0 spiro atoms. The Bertz CT molecular complexity index is 815. The van der Waals surface area contributed by atoms with Crippen molar-refractivity contribution in [2.24, 2.45) is 5.92 Å². The van der Waals surface area contributed by atoms with Crippen molar-refractivity contribution in [3.8, 4) is 0 Å². The lowest BCUT2D eigenvalue weighted by molar-refractivity contribution is 0.626. The summed E-state index contributed by atoms with van der Waals surface area (Å²) < 4.78 is 13.1. The minimum Gasteiger partial charge on any atom is -0.352 e. The number of rotatable bonds is 5. The van der Waals surface area contributed by atoms with Crippen molar-refractivity contribution in [2.45, 2.75) is 19.4 Å². The van der Waals surface area contributed by atoms with Gasteiger partial charge < -0.3 is 4.90 Å². The van der Waals surface area contributed by atoms with Crippen molar-refractivity contribution in [1.82, 2.24) is 15.0 Å². The summed E-state index contributed by atoms with van der Waals surface area (Å²) in [6, 6.07) is 10.6. The van der Waals surface area contributed by atoms with Crippen LogP contribution in [0.3, 0.4) is 0 Å². The second-order valence-corrected chi connectivity index (χ2v) is 6.02. The second kappa shape index (κ2) is 5.91. The first-order valence-electron chi connectivity index (χ1n) is 7.85. The van der Waals surface area contributed by atoms with E-state index in [1.807, 2.05) is 24.3 Å². The van der Waals surface area contributed by atoms with Crippen LogP contribution in [0.5, 0.6) is 0 Å². The van der Waals surface area contributed by atoms with E-state index in [-0.39, 0.29) is 5.82 Å². The van der Waals surface area contributed by atoms with Gasteiger partial charge in [0.15, 0.2) is 5.65 Å². The number of halogens is 1. The number of nitrogens with zero attached hydrogens (tertiary/aromatic N) is 4. The molecule has 0 bridgehead atoms. The predicted molar refractivity (Wildman–Crippen MR) is 87.5 cm³/mol. The monoisotopic (exact) mass is 308 g/mol. The van der Waals surface area contributed by atoms with Crippen LogP contribution in [0.15, 0.2) is 48.8 Å². The lowest BCUT2D eigenvalue weighted by atomic mass is 10.2. The second-order valence-electron chi connectivity index (χ2n) is 6.02. The molecule has 0 unspecified atom stereocenters. The van der Waals surface area contributed by atoms with Crippen LogP contribution in [-0.2, 0) is 6.54 Å². The van der Waals surface area contributed by atoms with E-state index < -0.39 is 0 Å². The smallest absolute Gasteiger partial charge is 0.180 e. The van der Waals surface area contributed by atoms with Gasteiger partial charge in [-0.25, -0.2) is 14.4 Å². The average molecular weight is 308 g/mol. The molecule has 0 radical (unpaired) electrons. The maximum absolute atomic E-state index is 13.1. The Labute approximate surface area is 134 Å². The minimum absolute atomic E-state index is 0.207. The molecule has 1 fully saturated rings. The van der Waals surface area contributed by atoms with E-state index in [2.05, 4.69) is 19.9 Å². The maximum atomic E-state index is 13.1. The molecule has 2 heterocycles. The zero-order valence-corrected chi connectivity index (χ0v) is 12.7. The van der Waals surface area contributed by atoms with E-state index in [4.69, 9.17) is 0 Å². The molecule has 4 nitrogen and oxygen atoms in total. The quantitative estimate of drug-likeness (QED) is 0.722. The molecule has 0 atom stereocenters. The zero-order valence-electron chi connectivity index (χ0n) is 12.7. The molecule has 0 saturated heterocycles. The summed E-state index contributed by atoms with van der Waals surface area (Å²) >= 11 is 0. The Hall–Kier alpha value is -2.56. The van der Waals surface area contributed by atoms with Crippen molar-refractivity contribution in [2.75, 3.05) is 11.4 Å². The molecule has 1 saturated carbocycles. The van der Waals surface area contributed by atoms with E-state index in [9.17, 15) is 4.39 Å². The number of hydrogen-bond acceptors (Lipinski definition) is 4. The summed E-state index contributed by atoms with van der Waals surface area (Å²) in [6.07, 6.45) is 5.87. The largest absolute Gasteiger partial charge is 0.352 e. The third-order valence-corrected chi connectivity index (χ3v) is 4.10. The van der Waals surface area contributed by atoms with Gasteiger partial charge in [-0.1, -0.05) is 12.1 Å². The van der Waals surface area contributed by atoms with Gasteiger partial charge in [0.05, 0.1) is 0 Å². The van der Waals surface area contributed by atoms with Crippen molar-refractivity contribution in [1.29, 1.82) is 0 Å². The summed E-state index contributed by atoms with van der Waals surface area (Å²) in [6.45, 7) is 1.69. The molecule has 3 aromatic rings. The van der Waals surface area contributed by atoms with Crippen molar-refractivity contribution >= 4 is 17.0 Å². The molecule has 2 aromatic heterocycles. The van der Waals surface area contributed by atoms with E-state index in [1.54, 1.807) is 12.4 Å². The van der Waals surface area contributed by atoms with Gasteiger partial charge in [-0.2, -0.15) is 0 Å². The third-order valence-electron chi connectivity index (χ3n) is 4.10. The Morgan fingerprint density at radius 3 is 2.57 bits per heavy atom.